The minimum Gasteiger partial charge on any atom is -0.497 e. The topological polar surface area (TPSA) is 91.9 Å². The number of halogens is 1. The van der Waals surface area contributed by atoms with Gasteiger partial charge in [-0.1, -0.05) is 6.07 Å². The number of benzene rings is 2. The normalized spacial score (nSPS) is 10.7. The zero-order chi connectivity index (χ0) is 20.4. The molecule has 0 radical (unpaired) electrons. The van der Waals surface area contributed by atoms with E-state index >= 15 is 0 Å². The van der Waals surface area contributed by atoms with Crippen LogP contribution in [-0.4, -0.2) is 28.1 Å². The van der Waals surface area contributed by atoms with Crippen molar-refractivity contribution in [2.75, 3.05) is 17.7 Å². The summed E-state index contributed by atoms with van der Waals surface area (Å²) in [6.07, 6.45) is 3.26. The van der Waals surface area contributed by atoms with Gasteiger partial charge in [-0.15, -0.1) is 0 Å². The molecule has 2 aromatic carbocycles. The maximum absolute atomic E-state index is 14.6. The molecule has 2 amide bonds. The molecule has 0 saturated heterocycles. The number of amides is 2. The molecular weight excluding hydrogens is 373 g/mol. The van der Waals surface area contributed by atoms with Crippen LogP contribution in [0.3, 0.4) is 0 Å². The van der Waals surface area contributed by atoms with E-state index in [1.54, 1.807) is 37.4 Å². The third kappa shape index (κ3) is 3.73. The first-order valence-corrected chi connectivity index (χ1v) is 8.86. The van der Waals surface area contributed by atoms with Gasteiger partial charge in [0.2, 0.25) is 0 Å². The van der Waals surface area contributed by atoms with Crippen LogP contribution in [-0.2, 0) is 0 Å². The minimum atomic E-state index is -0.563. The Hall–Kier alpha value is -3.94. The van der Waals surface area contributed by atoms with E-state index in [1.165, 1.54) is 18.5 Å². The lowest BCUT2D eigenvalue weighted by atomic mass is 10.1. The van der Waals surface area contributed by atoms with Gasteiger partial charge >= 0.3 is 6.03 Å². The van der Waals surface area contributed by atoms with Crippen LogP contribution < -0.4 is 15.4 Å². The van der Waals surface area contributed by atoms with Gasteiger partial charge in [-0.2, -0.15) is 0 Å². The summed E-state index contributed by atoms with van der Waals surface area (Å²) in [7, 11) is 1.56. The number of rotatable bonds is 4. The van der Waals surface area contributed by atoms with Gasteiger partial charge in [-0.3, -0.25) is 0 Å². The summed E-state index contributed by atoms with van der Waals surface area (Å²) < 4.78 is 19.7. The molecule has 2 heterocycles. The van der Waals surface area contributed by atoms with Crippen LogP contribution in [0.1, 0.15) is 5.56 Å². The Morgan fingerprint density at radius 2 is 1.90 bits per heavy atom. The highest BCUT2D eigenvalue weighted by atomic mass is 19.1. The van der Waals surface area contributed by atoms with Gasteiger partial charge in [0.05, 0.1) is 18.5 Å². The smallest absolute Gasteiger partial charge is 0.323 e. The molecule has 2 aromatic heterocycles. The van der Waals surface area contributed by atoms with Crippen molar-refractivity contribution in [2.45, 2.75) is 6.92 Å². The van der Waals surface area contributed by atoms with E-state index in [1.807, 2.05) is 13.1 Å². The molecule has 0 fully saturated rings. The molecule has 0 aliphatic carbocycles. The molecule has 4 rings (SSSR count). The number of fused-ring (bicyclic) bond motifs is 1. The third-order valence-corrected chi connectivity index (χ3v) is 4.51. The Morgan fingerprint density at radius 1 is 1.10 bits per heavy atom. The molecular formula is C21H18FN5O2. The highest BCUT2D eigenvalue weighted by Gasteiger charge is 2.14. The van der Waals surface area contributed by atoms with Crippen molar-refractivity contribution in [3.8, 4) is 17.0 Å². The van der Waals surface area contributed by atoms with Crippen molar-refractivity contribution in [3.05, 3.63) is 66.4 Å². The van der Waals surface area contributed by atoms with Gasteiger partial charge in [0.25, 0.3) is 0 Å². The number of carbonyl (C=O) groups is 1. The summed E-state index contributed by atoms with van der Waals surface area (Å²) in [6, 6.07) is 10.8. The number of methoxy groups -OCH3 is 1. The molecule has 0 aliphatic heterocycles. The molecule has 8 heteroatoms. The first-order chi connectivity index (χ1) is 14.0. The number of H-pyrrole nitrogens is 1. The fourth-order valence-electron chi connectivity index (χ4n) is 3.06. The molecule has 0 bridgehead atoms. The maximum atomic E-state index is 14.6. The highest BCUT2D eigenvalue weighted by molar-refractivity contribution is 6.00. The molecule has 3 N–H and O–H groups in total. The second-order valence-corrected chi connectivity index (χ2v) is 6.42. The number of aromatic amines is 1. The highest BCUT2D eigenvalue weighted by Crippen LogP contribution is 2.29. The number of hydrogen-bond acceptors (Lipinski definition) is 4. The van der Waals surface area contributed by atoms with E-state index in [0.717, 1.165) is 10.9 Å². The predicted octanol–water partition coefficient (Wildman–Crippen LogP) is 4.73. The molecule has 7 nitrogen and oxygen atoms in total. The number of nitrogens with zero attached hydrogens (tertiary/aromatic N) is 2. The van der Waals surface area contributed by atoms with E-state index in [2.05, 4.69) is 25.6 Å². The van der Waals surface area contributed by atoms with Crippen LogP contribution in [0.2, 0.25) is 0 Å². The standard InChI is InChI=1S/C21H18FN5O2/c1-12-10-23-20-18(12)19(24-11-25-20)13-3-8-17(16(22)9-13)27-21(28)26-14-4-6-15(29-2)7-5-14/h3-11H,1-2H3,(H,23,24,25)(H2,26,27,28). The van der Waals surface area contributed by atoms with Gasteiger partial charge < -0.3 is 20.4 Å². The first-order valence-electron chi connectivity index (χ1n) is 8.86. The molecule has 4 aromatic rings. The molecule has 0 saturated carbocycles. The Kier molecular flexibility index (Phi) is 4.82. The predicted molar refractivity (Wildman–Crippen MR) is 110 cm³/mol. The fourth-order valence-corrected chi connectivity index (χ4v) is 3.06. The second kappa shape index (κ2) is 7.59. The summed E-state index contributed by atoms with van der Waals surface area (Å²) in [6.45, 7) is 1.93. The Bertz CT molecular complexity index is 1190. The largest absolute Gasteiger partial charge is 0.497 e. The summed E-state index contributed by atoms with van der Waals surface area (Å²) >= 11 is 0. The lowest BCUT2D eigenvalue weighted by Crippen LogP contribution is -2.20. The van der Waals surface area contributed by atoms with Crippen molar-refractivity contribution < 1.29 is 13.9 Å². The van der Waals surface area contributed by atoms with E-state index in [9.17, 15) is 9.18 Å². The van der Waals surface area contributed by atoms with Gasteiger partial charge in [0, 0.05) is 22.8 Å². The molecule has 0 atom stereocenters. The molecule has 0 spiro atoms. The molecule has 0 unspecified atom stereocenters. The third-order valence-electron chi connectivity index (χ3n) is 4.51. The lowest BCUT2D eigenvalue weighted by Gasteiger charge is -2.10. The van der Waals surface area contributed by atoms with Crippen molar-refractivity contribution in [1.82, 2.24) is 15.0 Å². The van der Waals surface area contributed by atoms with Crippen molar-refractivity contribution >= 4 is 28.4 Å². The first kappa shape index (κ1) is 18.4. The van der Waals surface area contributed by atoms with Gasteiger partial charge in [0.1, 0.15) is 23.5 Å². The summed E-state index contributed by atoms with van der Waals surface area (Å²) in [5.74, 6) is 0.112. The lowest BCUT2D eigenvalue weighted by molar-refractivity contribution is 0.262. The molecule has 146 valence electrons. The summed E-state index contributed by atoms with van der Waals surface area (Å²) in [5.41, 5.74) is 3.51. The number of hydrogen-bond donors (Lipinski definition) is 3. The van der Waals surface area contributed by atoms with Crippen LogP contribution in [0.15, 0.2) is 55.0 Å². The van der Waals surface area contributed by atoms with Crippen LogP contribution in [0.25, 0.3) is 22.3 Å². The summed E-state index contributed by atoms with van der Waals surface area (Å²) in [5, 5.41) is 6.00. The average molecular weight is 391 g/mol. The fraction of sp³-hybridized carbons (Fsp3) is 0.0952. The van der Waals surface area contributed by atoms with Gasteiger partial charge in [-0.25, -0.2) is 19.2 Å². The second-order valence-electron chi connectivity index (χ2n) is 6.42. The van der Waals surface area contributed by atoms with Crippen LogP contribution in [0.5, 0.6) is 5.75 Å². The molecule has 29 heavy (non-hydrogen) atoms. The van der Waals surface area contributed by atoms with E-state index in [4.69, 9.17) is 4.74 Å². The average Bonchev–Trinajstić information content (AvgIpc) is 3.11. The Labute approximate surface area is 166 Å². The SMILES string of the molecule is COc1ccc(NC(=O)Nc2ccc(-c3ncnc4[nH]cc(C)c34)cc2F)cc1. The Balaban J connectivity index is 1.54. The zero-order valence-corrected chi connectivity index (χ0v) is 15.8. The number of anilines is 2. The quantitative estimate of drug-likeness (QED) is 0.469. The minimum absolute atomic E-state index is 0.0656. The van der Waals surface area contributed by atoms with Crippen LogP contribution in [0, 0.1) is 12.7 Å². The monoisotopic (exact) mass is 391 g/mol. The van der Waals surface area contributed by atoms with E-state index < -0.39 is 11.8 Å². The number of aryl methyl sites for hydroxylation is 1. The molecule has 0 aliphatic rings. The van der Waals surface area contributed by atoms with Crippen LogP contribution in [0.4, 0.5) is 20.6 Å². The zero-order valence-electron chi connectivity index (χ0n) is 15.8. The number of urea groups is 1. The van der Waals surface area contributed by atoms with Crippen molar-refractivity contribution in [1.29, 1.82) is 0 Å². The Morgan fingerprint density at radius 3 is 2.62 bits per heavy atom. The summed E-state index contributed by atoms with van der Waals surface area (Å²) in [4.78, 5) is 23.7. The van der Waals surface area contributed by atoms with E-state index in [0.29, 0.717) is 28.3 Å². The van der Waals surface area contributed by atoms with Gasteiger partial charge in [0.15, 0.2) is 0 Å². The van der Waals surface area contributed by atoms with Crippen molar-refractivity contribution in [2.24, 2.45) is 0 Å². The number of ether oxygens (including phenoxy) is 1. The number of carbonyl (C=O) groups excluding carboxylic acids is 1. The van der Waals surface area contributed by atoms with E-state index in [-0.39, 0.29) is 5.69 Å². The number of aromatic nitrogens is 3. The van der Waals surface area contributed by atoms with Crippen LogP contribution >= 0.6 is 0 Å². The van der Waals surface area contributed by atoms with Gasteiger partial charge in [-0.05, 0) is 48.9 Å². The maximum Gasteiger partial charge on any atom is 0.323 e. The number of nitrogens with one attached hydrogen (secondary N) is 3. The van der Waals surface area contributed by atoms with Crippen molar-refractivity contribution in [3.63, 3.8) is 0 Å².